The molecule has 1 heterocycles. The molecule has 1 rings (SSSR count). The lowest BCUT2D eigenvalue weighted by Gasteiger charge is -1.99. The molecule has 0 saturated heterocycles. The number of thioether (sulfide) groups is 1. The summed E-state index contributed by atoms with van der Waals surface area (Å²) in [5.74, 6) is 0. The second-order valence-electron chi connectivity index (χ2n) is 2.30. The summed E-state index contributed by atoms with van der Waals surface area (Å²) in [6.45, 7) is 1.99. The highest BCUT2D eigenvalue weighted by molar-refractivity contribution is 8.03. The summed E-state index contributed by atoms with van der Waals surface area (Å²) in [5.41, 5.74) is 1.10. The van der Waals surface area contributed by atoms with Gasteiger partial charge in [-0.05, 0) is 18.7 Å². The van der Waals surface area contributed by atoms with E-state index in [0.29, 0.717) is 0 Å². The van der Waals surface area contributed by atoms with Crippen LogP contribution in [0.2, 0.25) is 0 Å². The van der Waals surface area contributed by atoms with Crippen LogP contribution in [0.4, 0.5) is 0 Å². The number of aryl methyl sites for hydroxylation is 1. The van der Waals surface area contributed by atoms with E-state index in [4.69, 9.17) is 5.26 Å². The molecule has 0 radical (unpaired) electrons. The Morgan fingerprint density at radius 1 is 1.82 bits per heavy atom. The lowest BCUT2D eigenvalue weighted by atomic mass is 10.3. The van der Waals surface area contributed by atoms with Gasteiger partial charge in [0.15, 0.2) is 0 Å². The van der Waals surface area contributed by atoms with Crippen molar-refractivity contribution in [2.75, 3.05) is 0 Å². The van der Waals surface area contributed by atoms with Gasteiger partial charge in [-0.25, -0.2) is 0 Å². The largest absolute Gasteiger partial charge is 0.276 e. The fraction of sp³-hybridized carbons (Fsp3) is 0.429. The van der Waals surface area contributed by atoms with Crippen LogP contribution < -0.4 is 0 Å². The molecule has 0 saturated carbocycles. The van der Waals surface area contributed by atoms with Crippen molar-refractivity contribution < 1.29 is 0 Å². The molecule has 0 bridgehead atoms. The average molecular weight is 167 g/mol. The number of rotatable bonds is 2. The summed E-state index contributed by atoms with van der Waals surface area (Å²) in [4.78, 5) is 0. The Kier molecular flexibility index (Phi) is 2.55. The van der Waals surface area contributed by atoms with Crippen LogP contribution in [-0.4, -0.2) is 9.78 Å². The topological polar surface area (TPSA) is 41.6 Å². The highest BCUT2D eigenvalue weighted by Gasteiger charge is 2.06. The first-order chi connectivity index (χ1) is 5.24. The molecule has 0 aliphatic rings. The predicted octanol–water partition coefficient (Wildman–Crippen LogP) is 1.70. The maximum atomic E-state index is 8.39. The number of aromatic nitrogens is 2. The van der Waals surface area contributed by atoms with Crippen LogP contribution in [-0.2, 0) is 7.05 Å². The van der Waals surface area contributed by atoms with Crippen LogP contribution in [0.5, 0.6) is 0 Å². The van der Waals surface area contributed by atoms with Crippen molar-refractivity contribution in [1.82, 2.24) is 9.78 Å². The van der Waals surface area contributed by atoms with E-state index in [1.54, 1.807) is 10.9 Å². The van der Waals surface area contributed by atoms with E-state index >= 15 is 0 Å². The van der Waals surface area contributed by atoms with Crippen LogP contribution >= 0.6 is 11.8 Å². The Labute approximate surface area is 70.0 Å². The first-order valence-corrected chi connectivity index (χ1v) is 4.15. The second kappa shape index (κ2) is 3.44. The van der Waals surface area contributed by atoms with Crippen molar-refractivity contribution in [1.29, 1.82) is 5.26 Å². The van der Waals surface area contributed by atoms with Gasteiger partial charge in [-0.3, -0.25) is 4.68 Å². The lowest BCUT2D eigenvalue weighted by Crippen LogP contribution is -1.85. The monoisotopic (exact) mass is 167 g/mol. The molecule has 0 spiro atoms. The standard InChI is InChI=1S/C7H9N3S/c1-6(11-5-8)7-3-9-10(2)4-7/h3-4,6H,1-2H3/t6-/m1/s1. The Bertz CT molecular complexity index is 273. The Morgan fingerprint density at radius 3 is 3.00 bits per heavy atom. The molecule has 58 valence electrons. The first kappa shape index (κ1) is 8.15. The van der Waals surface area contributed by atoms with Crippen LogP contribution in [0.15, 0.2) is 12.4 Å². The van der Waals surface area contributed by atoms with E-state index < -0.39 is 0 Å². The van der Waals surface area contributed by atoms with Crippen LogP contribution in [0.25, 0.3) is 0 Å². The van der Waals surface area contributed by atoms with E-state index in [0.717, 1.165) is 5.56 Å². The summed E-state index contributed by atoms with van der Waals surface area (Å²) < 4.78 is 1.74. The molecule has 1 aromatic rings. The molecule has 0 N–H and O–H groups in total. The third-order valence-electron chi connectivity index (χ3n) is 1.42. The highest BCUT2D eigenvalue weighted by Crippen LogP contribution is 2.25. The molecule has 1 atom stereocenters. The third-order valence-corrected chi connectivity index (χ3v) is 2.15. The molecule has 11 heavy (non-hydrogen) atoms. The Balaban J connectivity index is 2.70. The van der Waals surface area contributed by atoms with Gasteiger partial charge >= 0.3 is 0 Å². The molecule has 0 aliphatic carbocycles. The van der Waals surface area contributed by atoms with E-state index in [2.05, 4.69) is 10.5 Å². The number of nitriles is 1. The molecule has 0 aliphatic heterocycles. The fourth-order valence-electron chi connectivity index (χ4n) is 0.797. The third kappa shape index (κ3) is 1.99. The Morgan fingerprint density at radius 2 is 2.55 bits per heavy atom. The van der Waals surface area contributed by atoms with Crippen molar-refractivity contribution in [2.45, 2.75) is 12.2 Å². The van der Waals surface area contributed by atoms with Gasteiger partial charge in [0, 0.05) is 24.1 Å². The van der Waals surface area contributed by atoms with Crippen LogP contribution in [0.1, 0.15) is 17.7 Å². The first-order valence-electron chi connectivity index (χ1n) is 3.27. The summed E-state index contributed by atoms with van der Waals surface area (Å²) in [5, 5.41) is 14.7. The highest BCUT2D eigenvalue weighted by atomic mass is 32.2. The van der Waals surface area contributed by atoms with E-state index in [1.807, 2.05) is 20.2 Å². The minimum absolute atomic E-state index is 0.216. The molecular weight excluding hydrogens is 158 g/mol. The van der Waals surface area contributed by atoms with Gasteiger partial charge in [0.25, 0.3) is 0 Å². The lowest BCUT2D eigenvalue weighted by molar-refractivity contribution is 0.767. The predicted molar refractivity (Wildman–Crippen MR) is 44.8 cm³/mol. The zero-order valence-electron chi connectivity index (χ0n) is 6.48. The summed E-state index contributed by atoms with van der Waals surface area (Å²) in [6.07, 6.45) is 3.71. The van der Waals surface area contributed by atoms with Crippen molar-refractivity contribution >= 4 is 11.8 Å². The molecule has 0 unspecified atom stereocenters. The second-order valence-corrected chi connectivity index (χ2v) is 3.42. The summed E-state index contributed by atoms with van der Waals surface area (Å²) in [7, 11) is 1.87. The van der Waals surface area contributed by atoms with Crippen molar-refractivity contribution in [3.8, 4) is 5.40 Å². The molecule has 1 aromatic heterocycles. The molecular formula is C7H9N3S. The maximum Gasteiger partial charge on any atom is 0.133 e. The van der Waals surface area contributed by atoms with Gasteiger partial charge < -0.3 is 0 Å². The summed E-state index contributed by atoms with van der Waals surface area (Å²) in [6, 6.07) is 0. The summed E-state index contributed by atoms with van der Waals surface area (Å²) >= 11 is 1.25. The van der Waals surface area contributed by atoms with Gasteiger partial charge in [0.1, 0.15) is 5.40 Å². The van der Waals surface area contributed by atoms with E-state index in [-0.39, 0.29) is 5.25 Å². The van der Waals surface area contributed by atoms with Crippen LogP contribution in [0.3, 0.4) is 0 Å². The van der Waals surface area contributed by atoms with Crippen LogP contribution in [0, 0.1) is 10.7 Å². The minimum Gasteiger partial charge on any atom is -0.276 e. The fourth-order valence-corrected chi connectivity index (χ4v) is 1.21. The quantitative estimate of drug-likeness (QED) is 0.629. The smallest absolute Gasteiger partial charge is 0.133 e. The molecule has 0 fully saturated rings. The minimum atomic E-state index is 0.216. The van der Waals surface area contributed by atoms with E-state index in [1.165, 1.54) is 11.8 Å². The molecule has 4 heteroatoms. The normalized spacial score (nSPS) is 12.5. The van der Waals surface area contributed by atoms with Gasteiger partial charge in [0.2, 0.25) is 0 Å². The van der Waals surface area contributed by atoms with Gasteiger partial charge in [-0.15, -0.1) is 0 Å². The zero-order chi connectivity index (χ0) is 8.27. The number of thiocyanates is 1. The number of nitrogens with zero attached hydrogens (tertiary/aromatic N) is 3. The van der Waals surface area contributed by atoms with E-state index in [9.17, 15) is 0 Å². The van der Waals surface area contributed by atoms with Crippen molar-refractivity contribution in [3.05, 3.63) is 18.0 Å². The zero-order valence-corrected chi connectivity index (χ0v) is 7.30. The van der Waals surface area contributed by atoms with Gasteiger partial charge in [0.05, 0.1) is 6.20 Å². The Hall–Kier alpha value is -0.950. The van der Waals surface area contributed by atoms with Crippen molar-refractivity contribution in [3.63, 3.8) is 0 Å². The molecule has 0 amide bonds. The van der Waals surface area contributed by atoms with Gasteiger partial charge in [-0.2, -0.15) is 10.4 Å². The molecule has 0 aromatic carbocycles. The number of hydrogen-bond acceptors (Lipinski definition) is 3. The van der Waals surface area contributed by atoms with Crippen molar-refractivity contribution in [2.24, 2.45) is 7.05 Å². The number of hydrogen-bond donors (Lipinski definition) is 0. The molecule has 3 nitrogen and oxygen atoms in total. The SMILES string of the molecule is C[C@@H](SC#N)c1cnn(C)c1. The maximum absolute atomic E-state index is 8.39. The average Bonchev–Trinajstić information content (AvgIpc) is 2.36. The van der Waals surface area contributed by atoms with Gasteiger partial charge in [-0.1, -0.05) is 0 Å².